The molecule has 1 amide bonds. The van der Waals surface area contributed by atoms with Crippen LogP contribution in [0.25, 0.3) is 10.9 Å². The molecule has 0 aliphatic carbocycles. The summed E-state index contributed by atoms with van der Waals surface area (Å²) in [4.78, 5) is 22.3. The largest absolute Gasteiger partial charge is 0.369 e. The molecule has 0 radical (unpaired) electrons. The van der Waals surface area contributed by atoms with Crippen molar-refractivity contribution in [3.05, 3.63) is 24.3 Å². The van der Waals surface area contributed by atoms with E-state index in [1.165, 1.54) is 0 Å². The number of carbonyl (C=O) groups excluding carboxylic acids is 1. The summed E-state index contributed by atoms with van der Waals surface area (Å²) < 4.78 is 0. The number of amides is 1. The van der Waals surface area contributed by atoms with E-state index >= 15 is 0 Å². The van der Waals surface area contributed by atoms with E-state index in [1.54, 1.807) is 0 Å². The van der Waals surface area contributed by atoms with Gasteiger partial charge in [0.05, 0.1) is 11.4 Å². The summed E-state index contributed by atoms with van der Waals surface area (Å²) in [6.07, 6.45) is 1.74. The van der Waals surface area contributed by atoms with Gasteiger partial charge in [0.25, 0.3) is 0 Å². The smallest absolute Gasteiger partial charge is 0.239 e. The lowest BCUT2D eigenvalue weighted by Gasteiger charge is -2.32. The molecule has 7 nitrogen and oxygen atoms in total. The number of nitrogens with zero attached hydrogens (tertiary/aromatic N) is 3. The second-order valence-corrected chi connectivity index (χ2v) is 5.22. The first kappa shape index (κ1) is 13.6. The number of benzene rings is 1. The summed E-state index contributed by atoms with van der Waals surface area (Å²) in [5.41, 5.74) is 8.75. The fraction of sp³-hybridized carbons (Fsp3) is 0.357. The van der Waals surface area contributed by atoms with E-state index in [0.717, 1.165) is 36.1 Å². The Balaban J connectivity index is 2.04. The molecule has 1 saturated heterocycles. The Labute approximate surface area is 122 Å². The zero-order valence-electron chi connectivity index (χ0n) is 11.6. The van der Waals surface area contributed by atoms with Crippen LogP contribution in [0.5, 0.6) is 0 Å². The highest BCUT2D eigenvalue weighted by Gasteiger charge is 2.26. The van der Waals surface area contributed by atoms with Crippen LogP contribution in [-0.2, 0) is 4.79 Å². The number of primary amides is 1. The number of aromatic nitrogens is 2. The maximum Gasteiger partial charge on any atom is 0.239 e. The maximum absolute atomic E-state index is 11.4. The van der Waals surface area contributed by atoms with Crippen molar-refractivity contribution >= 4 is 28.6 Å². The van der Waals surface area contributed by atoms with Crippen molar-refractivity contribution in [2.75, 3.05) is 23.4 Å². The van der Waals surface area contributed by atoms with Crippen LogP contribution < -0.4 is 21.9 Å². The lowest BCUT2D eigenvalue weighted by molar-refractivity contribution is -0.122. The molecule has 1 aliphatic rings. The van der Waals surface area contributed by atoms with Crippen molar-refractivity contribution in [3.63, 3.8) is 0 Å². The van der Waals surface area contributed by atoms with Crippen LogP contribution in [0.1, 0.15) is 12.8 Å². The first-order valence-corrected chi connectivity index (χ1v) is 6.96. The van der Waals surface area contributed by atoms with Gasteiger partial charge in [-0.25, -0.2) is 10.8 Å². The fourth-order valence-electron chi connectivity index (χ4n) is 2.77. The third kappa shape index (κ3) is 2.59. The Hall–Kier alpha value is -2.41. The Morgan fingerprint density at radius 2 is 2.14 bits per heavy atom. The SMILES string of the molecule is NNc1nc(N2CCCC(C(N)=O)C2)c2ccccc2n1. The van der Waals surface area contributed by atoms with Gasteiger partial charge in [-0.2, -0.15) is 4.98 Å². The molecule has 1 atom stereocenters. The summed E-state index contributed by atoms with van der Waals surface area (Å²) in [5, 5.41) is 0.946. The number of carbonyl (C=O) groups is 1. The van der Waals surface area contributed by atoms with Crippen LogP contribution in [0.2, 0.25) is 0 Å². The number of anilines is 2. The Morgan fingerprint density at radius 1 is 1.33 bits per heavy atom. The molecule has 110 valence electrons. The lowest BCUT2D eigenvalue weighted by Crippen LogP contribution is -2.41. The van der Waals surface area contributed by atoms with Gasteiger partial charge < -0.3 is 10.6 Å². The van der Waals surface area contributed by atoms with E-state index in [1.807, 2.05) is 24.3 Å². The molecular formula is C14H18N6O. The predicted octanol–water partition coefficient (Wildman–Crippen LogP) is 0.617. The zero-order valence-corrected chi connectivity index (χ0v) is 11.6. The monoisotopic (exact) mass is 286 g/mol. The van der Waals surface area contributed by atoms with Gasteiger partial charge in [-0.15, -0.1) is 0 Å². The van der Waals surface area contributed by atoms with Gasteiger partial charge in [0, 0.05) is 18.5 Å². The molecule has 0 bridgehead atoms. The minimum atomic E-state index is -0.254. The first-order chi connectivity index (χ1) is 10.2. The number of piperidine rings is 1. The standard InChI is InChI=1S/C14H18N6O/c15-12(21)9-4-3-7-20(8-9)13-10-5-1-2-6-11(10)17-14(18-13)19-16/h1-2,5-6,9H,3-4,7-8,16H2,(H2,15,21)(H,17,18,19). The molecule has 1 unspecified atom stereocenters. The van der Waals surface area contributed by atoms with Crippen molar-refractivity contribution in [1.29, 1.82) is 0 Å². The third-order valence-corrected chi connectivity index (χ3v) is 3.84. The molecular weight excluding hydrogens is 268 g/mol. The van der Waals surface area contributed by atoms with E-state index in [9.17, 15) is 4.79 Å². The van der Waals surface area contributed by atoms with Crippen molar-refractivity contribution in [3.8, 4) is 0 Å². The number of nitrogens with one attached hydrogen (secondary N) is 1. The van der Waals surface area contributed by atoms with Crippen LogP contribution in [0.3, 0.4) is 0 Å². The molecule has 1 aromatic carbocycles. The van der Waals surface area contributed by atoms with E-state index < -0.39 is 0 Å². The van der Waals surface area contributed by atoms with Crippen LogP contribution in [0.4, 0.5) is 11.8 Å². The summed E-state index contributed by atoms with van der Waals surface area (Å²) >= 11 is 0. The normalized spacial score (nSPS) is 18.7. The number of hydrazine groups is 1. The molecule has 2 aromatic rings. The number of hydrogen-bond donors (Lipinski definition) is 3. The average molecular weight is 286 g/mol. The maximum atomic E-state index is 11.4. The molecule has 7 heteroatoms. The minimum Gasteiger partial charge on any atom is -0.369 e. The molecule has 1 aromatic heterocycles. The zero-order chi connectivity index (χ0) is 14.8. The van der Waals surface area contributed by atoms with E-state index in [2.05, 4.69) is 20.3 Å². The molecule has 21 heavy (non-hydrogen) atoms. The van der Waals surface area contributed by atoms with Gasteiger partial charge >= 0.3 is 0 Å². The molecule has 3 rings (SSSR count). The number of hydrogen-bond acceptors (Lipinski definition) is 6. The van der Waals surface area contributed by atoms with Crippen molar-refractivity contribution in [2.45, 2.75) is 12.8 Å². The summed E-state index contributed by atoms with van der Waals surface area (Å²) in [7, 11) is 0. The highest BCUT2D eigenvalue weighted by atomic mass is 16.1. The average Bonchev–Trinajstić information content (AvgIpc) is 2.53. The van der Waals surface area contributed by atoms with Crippen LogP contribution >= 0.6 is 0 Å². The number of nitrogen functional groups attached to an aromatic ring is 1. The quantitative estimate of drug-likeness (QED) is 0.563. The van der Waals surface area contributed by atoms with Crippen molar-refractivity contribution in [1.82, 2.24) is 9.97 Å². The van der Waals surface area contributed by atoms with Crippen LogP contribution in [0.15, 0.2) is 24.3 Å². The van der Waals surface area contributed by atoms with Crippen LogP contribution in [-0.4, -0.2) is 29.0 Å². The number of nitrogens with two attached hydrogens (primary N) is 2. The predicted molar refractivity (Wildman–Crippen MR) is 81.5 cm³/mol. The summed E-state index contributed by atoms with van der Waals surface area (Å²) in [6.45, 7) is 1.43. The van der Waals surface area contributed by atoms with Crippen molar-refractivity contribution < 1.29 is 4.79 Å². The lowest BCUT2D eigenvalue weighted by atomic mass is 9.97. The fourth-order valence-corrected chi connectivity index (χ4v) is 2.77. The number of rotatable bonds is 3. The van der Waals surface area contributed by atoms with Gasteiger partial charge in [-0.05, 0) is 25.0 Å². The molecule has 0 saturated carbocycles. The van der Waals surface area contributed by atoms with Gasteiger partial charge in [-0.1, -0.05) is 12.1 Å². The van der Waals surface area contributed by atoms with Crippen LogP contribution in [0, 0.1) is 5.92 Å². The minimum absolute atomic E-state index is 0.137. The molecule has 5 N–H and O–H groups in total. The molecule has 0 spiro atoms. The second kappa shape index (κ2) is 5.53. The molecule has 2 heterocycles. The number of fused-ring (bicyclic) bond motifs is 1. The number of para-hydroxylation sites is 1. The van der Waals surface area contributed by atoms with E-state index in [-0.39, 0.29) is 11.8 Å². The summed E-state index contributed by atoms with van der Waals surface area (Å²) in [6, 6.07) is 7.75. The van der Waals surface area contributed by atoms with Gasteiger partial charge in [0.15, 0.2) is 0 Å². The highest BCUT2D eigenvalue weighted by Crippen LogP contribution is 2.28. The highest BCUT2D eigenvalue weighted by molar-refractivity contribution is 5.91. The first-order valence-electron chi connectivity index (χ1n) is 6.96. The third-order valence-electron chi connectivity index (χ3n) is 3.84. The topological polar surface area (TPSA) is 110 Å². The molecule has 1 fully saturated rings. The van der Waals surface area contributed by atoms with E-state index in [0.29, 0.717) is 12.5 Å². The molecule has 1 aliphatic heterocycles. The second-order valence-electron chi connectivity index (χ2n) is 5.22. The van der Waals surface area contributed by atoms with Crippen molar-refractivity contribution in [2.24, 2.45) is 17.5 Å². The van der Waals surface area contributed by atoms with Gasteiger partial charge in [-0.3, -0.25) is 10.2 Å². The Kier molecular flexibility index (Phi) is 3.57. The Bertz CT molecular complexity index is 674. The Morgan fingerprint density at radius 3 is 2.90 bits per heavy atom. The summed E-state index contributed by atoms with van der Waals surface area (Å²) in [5.74, 6) is 6.21. The van der Waals surface area contributed by atoms with E-state index in [4.69, 9.17) is 11.6 Å². The van der Waals surface area contributed by atoms with Gasteiger partial charge in [0.1, 0.15) is 5.82 Å². The van der Waals surface area contributed by atoms with Gasteiger partial charge in [0.2, 0.25) is 11.9 Å².